The molecule has 0 atom stereocenters. The molecule has 0 radical (unpaired) electrons. The molecule has 0 fully saturated rings. The molecule has 0 aromatic rings. The molecule has 32 heavy (non-hydrogen) atoms. The third-order valence-electron chi connectivity index (χ3n) is 2.93. The summed E-state index contributed by atoms with van der Waals surface area (Å²) in [6.45, 7) is 0. The van der Waals surface area contributed by atoms with Crippen molar-refractivity contribution in [2.45, 2.75) is 32.1 Å². The van der Waals surface area contributed by atoms with E-state index in [1.807, 2.05) is 60.8 Å². The van der Waals surface area contributed by atoms with E-state index in [1.165, 1.54) is 0 Å². The first-order chi connectivity index (χ1) is 15.5. The Kier molecular flexibility index (Phi) is 50.1. The van der Waals surface area contributed by atoms with Crippen molar-refractivity contribution in [3.63, 3.8) is 0 Å². The number of aliphatic hydroxyl groups is 3. The predicted molar refractivity (Wildman–Crippen MR) is 132 cm³/mol. The number of aliphatic hydroxyl groups excluding tert-OH is 3. The minimum atomic E-state index is 0. The van der Waals surface area contributed by atoms with Crippen LogP contribution in [0, 0.1) is 30.4 Å². The van der Waals surface area contributed by atoms with E-state index in [1.54, 1.807) is 0 Å². The summed E-state index contributed by atoms with van der Waals surface area (Å²) in [7, 11) is 3.00. The summed E-state index contributed by atoms with van der Waals surface area (Å²) in [6, 6.07) is 0. The molecule has 5 aliphatic rings. The van der Waals surface area contributed by atoms with Gasteiger partial charge in [-0.1, -0.05) is 0 Å². The van der Waals surface area contributed by atoms with E-state index in [0.717, 1.165) is 53.4 Å². The van der Waals surface area contributed by atoms with Crippen LogP contribution in [0.5, 0.6) is 0 Å². The van der Waals surface area contributed by atoms with Crippen molar-refractivity contribution in [1.82, 2.24) is 0 Å². The van der Waals surface area contributed by atoms with Gasteiger partial charge in [-0.3, -0.25) is 30.4 Å². The summed E-state index contributed by atoms with van der Waals surface area (Å²) in [5, 5.41) is 21.0. The zero-order valence-electron chi connectivity index (χ0n) is 19.5. The average Bonchev–Trinajstić information content (AvgIpc) is 3.75. The number of hydrogen-bond acceptors (Lipinski definition) is 3. The maximum absolute atomic E-state index is 7.00. The van der Waals surface area contributed by atoms with Crippen molar-refractivity contribution in [2.24, 2.45) is 0 Å². The Labute approximate surface area is 211 Å². The van der Waals surface area contributed by atoms with Crippen molar-refractivity contribution in [3.8, 4) is 0 Å². The molecule has 0 aromatic heterocycles. The third-order valence-corrected chi connectivity index (χ3v) is 2.93. The van der Waals surface area contributed by atoms with Gasteiger partial charge in [-0.15, -0.1) is 32.1 Å². The van der Waals surface area contributed by atoms with Crippen molar-refractivity contribution in [2.75, 3.05) is 21.3 Å². The van der Waals surface area contributed by atoms with Crippen LogP contribution in [0.25, 0.3) is 0 Å². The molecule has 0 bridgehead atoms. The summed E-state index contributed by atoms with van der Waals surface area (Å²) >= 11 is 0. The number of hydrogen-bond donors (Lipinski definition) is 3. The second-order valence-corrected chi connectivity index (χ2v) is 5.02. The average molecular weight is 469 g/mol. The van der Waals surface area contributed by atoms with E-state index in [2.05, 4.69) is 60.8 Å². The zero-order chi connectivity index (χ0) is 23.7. The van der Waals surface area contributed by atoms with Gasteiger partial charge in [-0.25, -0.2) is 60.8 Å². The molecule has 0 saturated carbocycles. The Morgan fingerprint density at radius 1 is 0.375 bits per heavy atom. The Hall–Kier alpha value is -2.01. The van der Waals surface area contributed by atoms with Crippen molar-refractivity contribution in [3.05, 3.63) is 122 Å². The molecule has 176 valence electrons. The zero-order valence-corrected chi connectivity index (χ0v) is 21.1. The van der Waals surface area contributed by atoms with Gasteiger partial charge in [0.1, 0.15) is 0 Å². The molecule has 0 heterocycles. The summed E-state index contributed by atoms with van der Waals surface area (Å²) in [4.78, 5) is 0. The maximum atomic E-state index is 7.00. The van der Waals surface area contributed by atoms with Crippen LogP contribution in [0.4, 0.5) is 0 Å². The normalized spacial score (nSPS) is 14.3. The summed E-state index contributed by atoms with van der Waals surface area (Å²) in [5.41, 5.74) is 0. The third kappa shape index (κ3) is 38.6. The van der Waals surface area contributed by atoms with Gasteiger partial charge in [0, 0.05) is 43.0 Å². The summed E-state index contributed by atoms with van der Waals surface area (Å²) in [5.74, 6) is 0. The van der Waals surface area contributed by atoms with Crippen LogP contribution in [0.2, 0.25) is 0 Å². The summed E-state index contributed by atoms with van der Waals surface area (Å²) < 4.78 is 0. The molecular weight excluding hydrogens is 432 g/mol. The van der Waals surface area contributed by atoms with Crippen LogP contribution >= 0.6 is 0 Å². The Balaban J connectivity index is -0.000000144. The second-order valence-electron chi connectivity index (χ2n) is 5.02. The molecule has 0 spiro atoms. The van der Waals surface area contributed by atoms with Crippen LogP contribution < -0.4 is 0 Å². The van der Waals surface area contributed by atoms with Gasteiger partial charge in [-0.2, -0.15) is 30.4 Å². The first-order valence-electron chi connectivity index (χ1n) is 9.93. The van der Waals surface area contributed by atoms with Crippen LogP contribution in [-0.4, -0.2) is 36.6 Å². The second kappa shape index (κ2) is 43.0. The van der Waals surface area contributed by atoms with E-state index in [9.17, 15) is 0 Å². The van der Waals surface area contributed by atoms with E-state index in [0.29, 0.717) is 0 Å². The Bertz CT molecular complexity index is 439. The number of rotatable bonds is 0. The Morgan fingerprint density at radius 3 is 0.562 bits per heavy atom. The number of allylic oxidation sites excluding steroid dienone is 20. The smallest absolute Gasteiger partial charge is 0.0319 e. The first kappa shape index (κ1) is 37.3. The quantitative estimate of drug-likeness (QED) is 0.331. The molecule has 0 aromatic carbocycles. The van der Waals surface area contributed by atoms with Crippen molar-refractivity contribution in [1.29, 1.82) is 0 Å². The molecule has 3 nitrogen and oxygen atoms in total. The van der Waals surface area contributed by atoms with Crippen molar-refractivity contribution >= 4 is 0 Å². The van der Waals surface area contributed by atoms with Gasteiger partial charge < -0.3 is 15.3 Å². The molecule has 0 aliphatic heterocycles. The predicted octanol–water partition coefficient (Wildman–Crippen LogP) is 5.35. The Morgan fingerprint density at radius 2 is 0.531 bits per heavy atom. The molecule has 4 heteroatoms. The molecule has 0 amide bonds. The summed E-state index contributed by atoms with van der Waals surface area (Å²) in [6.07, 6.45) is 50.0. The van der Waals surface area contributed by atoms with Crippen LogP contribution in [0.1, 0.15) is 32.1 Å². The topological polar surface area (TPSA) is 60.7 Å². The molecular formula is C28H37O3Ti-5. The SMILES string of the molecule is CO.CO.CO.[C-]1=CC=CC1.[C-]1=CC=CC1.[C-]1=CC=CC1.[C-]1=CC=CC1.[C-]1=CC=CC1.[Ti]. The fraction of sp³-hybridized carbons (Fsp3) is 0.286. The van der Waals surface area contributed by atoms with Gasteiger partial charge in [0.15, 0.2) is 0 Å². The fourth-order valence-electron chi connectivity index (χ4n) is 1.70. The van der Waals surface area contributed by atoms with E-state index >= 15 is 0 Å². The standard InChI is InChI=1S/5C5H5.3CH4O.Ti/c5*1-2-4-5-3-1;3*1-2;/h5*1-3H,4H2;3*2H,1H3;/q5*-1;;;;. The largest absolute Gasteiger partial charge is 0.400 e. The van der Waals surface area contributed by atoms with Crippen LogP contribution in [-0.2, 0) is 21.7 Å². The monoisotopic (exact) mass is 469 g/mol. The van der Waals surface area contributed by atoms with Gasteiger partial charge >= 0.3 is 0 Å². The van der Waals surface area contributed by atoms with Gasteiger partial charge in [0.25, 0.3) is 0 Å². The molecule has 5 rings (SSSR count). The maximum Gasteiger partial charge on any atom is 0.0319 e. The molecule has 0 saturated heterocycles. The molecule has 3 N–H and O–H groups in total. The fourth-order valence-corrected chi connectivity index (χ4v) is 1.70. The van der Waals surface area contributed by atoms with E-state index < -0.39 is 0 Å². The van der Waals surface area contributed by atoms with Crippen LogP contribution in [0.3, 0.4) is 0 Å². The minimum absolute atomic E-state index is 0. The van der Waals surface area contributed by atoms with Gasteiger partial charge in [-0.05, 0) is 0 Å². The van der Waals surface area contributed by atoms with Crippen molar-refractivity contribution < 1.29 is 37.0 Å². The van der Waals surface area contributed by atoms with E-state index in [-0.39, 0.29) is 21.7 Å². The van der Waals surface area contributed by atoms with Gasteiger partial charge in [0.2, 0.25) is 0 Å². The molecule has 5 aliphatic carbocycles. The van der Waals surface area contributed by atoms with Gasteiger partial charge in [0.05, 0.1) is 0 Å². The molecule has 0 unspecified atom stereocenters. The minimum Gasteiger partial charge on any atom is -0.400 e. The van der Waals surface area contributed by atoms with E-state index in [4.69, 9.17) is 15.3 Å². The van der Waals surface area contributed by atoms with Crippen LogP contribution in [0.15, 0.2) is 91.1 Å². The first-order valence-corrected chi connectivity index (χ1v) is 9.93.